The number of carbonyl (C=O) groups excluding carboxylic acids is 2. The number of likely N-dealkylation sites (tertiary alicyclic amines) is 1. The Morgan fingerprint density at radius 3 is 2.31 bits per heavy atom. The van der Waals surface area contributed by atoms with E-state index in [-0.39, 0.29) is 22.8 Å². The van der Waals surface area contributed by atoms with E-state index in [9.17, 15) is 18.0 Å². The van der Waals surface area contributed by atoms with Gasteiger partial charge in [-0.3, -0.25) is 9.59 Å². The van der Waals surface area contributed by atoms with Gasteiger partial charge in [-0.15, -0.1) is 0 Å². The maximum absolute atomic E-state index is 13.0. The van der Waals surface area contributed by atoms with Gasteiger partial charge in [0.1, 0.15) is 0 Å². The zero-order valence-electron chi connectivity index (χ0n) is 16.7. The molecule has 3 rings (SSSR count). The number of benzene rings is 1. The summed E-state index contributed by atoms with van der Waals surface area (Å²) in [6.45, 7) is 5.73. The molecule has 0 radical (unpaired) electrons. The molecule has 1 unspecified atom stereocenters. The van der Waals surface area contributed by atoms with Gasteiger partial charge in [-0.25, -0.2) is 8.42 Å². The molecular formula is C21H29N3O4S. The van der Waals surface area contributed by atoms with Crippen molar-refractivity contribution in [2.45, 2.75) is 49.5 Å². The summed E-state index contributed by atoms with van der Waals surface area (Å²) in [7, 11) is -3.63. The number of nitrogens with zero attached hydrogens (tertiary/aromatic N) is 2. The number of amides is 2. The topological polar surface area (TPSA) is 86.8 Å². The van der Waals surface area contributed by atoms with Crippen molar-refractivity contribution in [3.8, 4) is 0 Å². The molecule has 2 fully saturated rings. The number of carbonyl (C=O) groups is 2. The van der Waals surface area contributed by atoms with E-state index in [1.54, 1.807) is 12.1 Å². The van der Waals surface area contributed by atoms with Crippen molar-refractivity contribution < 1.29 is 18.0 Å². The Hall–Kier alpha value is -2.19. The van der Waals surface area contributed by atoms with Gasteiger partial charge in [0.25, 0.3) is 5.91 Å². The van der Waals surface area contributed by atoms with Gasteiger partial charge in [-0.1, -0.05) is 6.58 Å². The Balaban J connectivity index is 1.66. The van der Waals surface area contributed by atoms with Crippen LogP contribution in [-0.2, 0) is 14.8 Å². The third-order valence-corrected chi connectivity index (χ3v) is 7.51. The smallest absolute Gasteiger partial charge is 0.253 e. The summed E-state index contributed by atoms with van der Waals surface area (Å²) in [5, 5.41) is 2.85. The van der Waals surface area contributed by atoms with Crippen molar-refractivity contribution in [1.82, 2.24) is 14.5 Å². The average molecular weight is 420 g/mol. The first kappa shape index (κ1) is 21.5. The summed E-state index contributed by atoms with van der Waals surface area (Å²) in [4.78, 5) is 26.1. The van der Waals surface area contributed by atoms with Crippen LogP contribution >= 0.6 is 0 Å². The second-order valence-electron chi connectivity index (χ2n) is 7.62. The lowest BCUT2D eigenvalue weighted by Crippen LogP contribution is -2.36. The molecule has 0 aromatic heterocycles. The van der Waals surface area contributed by atoms with Crippen LogP contribution < -0.4 is 5.32 Å². The van der Waals surface area contributed by atoms with Crippen LogP contribution in [0, 0.1) is 0 Å². The highest BCUT2D eigenvalue weighted by Gasteiger charge is 2.28. The molecule has 1 aromatic carbocycles. The van der Waals surface area contributed by atoms with Crippen molar-refractivity contribution in [2.75, 3.05) is 26.2 Å². The van der Waals surface area contributed by atoms with Crippen LogP contribution in [0.5, 0.6) is 0 Å². The molecule has 1 atom stereocenters. The lowest BCUT2D eigenvalue weighted by molar-refractivity contribution is -0.117. The summed E-state index contributed by atoms with van der Waals surface area (Å²) in [6, 6.07) is 6.21. The first-order chi connectivity index (χ1) is 13.9. The predicted octanol–water partition coefficient (Wildman–Crippen LogP) is 2.16. The minimum atomic E-state index is -3.63. The van der Waals surface area contributed by atoms with Gasteiger partial charge in [0.2, 0.25) is 15.9 Å². The zero-order valence-corrected chi connectivity index (χ0v) is 17.5. The van der Waals surface area contributed by atoms with E-state index in [1.165, 1.54) is 22.5 Å². The number of rotatable bonds is 5. The van der Waals surface area contributed by atoms with E-state index >= 15 is 0 Å². The minimum absolute atomic E-state index is 0.0378. The van der Waals surface area contributed by atoms with Crippen LogP contribution in [0.2, 0.25) is 0 Å². The maximum atomic E-state index is 13.0. The molecular weight excluding hydrogens is 390 g/mol. The SMILES string of the molecule is C=CC(=O)NC1CCCN(S(=O)(=O)c2ccc(C(=O)N3CCCCC3)cc2)CC1. The predicted molar refractivity (Wildman–Crippen MR) is 111 cm³/mol. The highest BCUT2D eigenvalue weighted by Crippen LogP contribution is 2.22. The number of nitrogens with one attached hydrogen (secondary N) is 1. The maximum Gasteiger partial charge on any atom is 0.253 e. The Morgan fingerprint density at radius 1 is 0.966 bits per heavy atom. The summed E-state index contributed by atoms with van der Waals surface area (Å²) in [6.07, 6.45) is 6.37. The largest absolute Gasteiger partial charge is 0.350 e. The number of piperidine rings is 1. The zero-order chi connectivity index (χ0) is 20.9. The van der Waals surface area contributed by atoms with Gasteiger partial charge < -0.3 is 10.2 Å². The molecule has 1 N–H and O–H groups in total. The third-order valence-electron chi connectivity index (χ3n) is 5.60. The van der Waals surface area contributed by atoms with Gasteiger partial charge in [-0.2, -0.15) is 4.31 Å². The quantitative estimate of drug-likeness (QED) is 0.741. The molecule has 7 nitrogen and oxygen atoms in total. The normalized spacial score (nSPS) is 21.2. The molecule has 0 bridgehead atoms. The van der Waals surface area contributed by atoms with Crippen LogP contribution in [0.1, 0.15) is 48.9 Å². The van der Waals surface area contributed by atoms with Crippen molar-refractivity contribution in [3.05, 3.63) is 42.5 Å². The summed E-state index contributed by atoms with van der Waals surface area (Å²) >= 11 is 0. The molecule has 2 heterocycles. The van der Waals surface area contributed by atoms with E-state index in [2.05, 4.69) is 11.9 Å². The van der Waals surface area contributed by atoms with Crippen molar-refractivity contribution >= 4 is 21.8 Å². The molecule has 0 aliphatic carbocycles. The second kappa shape index (κ2) is 9.54. The Labute approximate surface area is 172 Å². The fourth-order valence-corrected chi connectivity index (χ4v) is 5.41. The third kappa shape index (κ3) is 5.25. The molecule has 1 aromatic rings. The first-order valence-corrected chi connectivity index (χ1v) is 11.7. The van der Waals surface area contributed by atoms with E-state index < -0.39 is 10.0 Å². The summed E-state index contributed by atoms with van der Waals surface area (Å²) in [5.41, 5.74) is 0.522. The number of hydrogen-bond donors (Lipinski definition) is 1. The van der Waals surface area contributed by atoms with Gasteiger partial charge >= 0.3 is 0 Å². The number of sulfonamides is 1. The van der Waals surface area contributed by atoms with Crippen LogP contribution in [0.25, 0.3) is 0 Å². The van der Waals surface area contributed by atoms with Crippen LogP contribution in [0.3, 0.4) is 0 Å². The van der Waals surface area contributed by atoms with E-state index in [0.717, 1.165) is 38.8 Å². The Bertz CT molecular complexity index is 845. The molecule has 2 amide bonds. The highest BCUT2D eigenvalue weighted by atomic mass is 32.2. The molecule has 29 heavy (non-hydrogen) atoms. The second-order valence-corrected chi connectivity index (χ2v) is 9.56. The van der Waals surface area contributed by atoms with Crippen LogP contribution in [0.4, 0.5) is 0 Å². The van der Waals surface area contributed by atoms with Gasteiger partial charge in [0, 0.05) is 37.8 Å². The van der Waals surface area contributed by atoms with Crippen molar-refractivity contribution in [3.63, 3.8) is 0 Å². The molecule has 2 aliphatic rings. The highest BCUT2D eigenvalue weighted by molar-refractivity contribution is 7.89. The van der Waals surface area contributed by atoms with E-state index in [4.69, 9.17) is 0 Å². The number of hydrogen-bond acceptors (Lipinski definition) is 4. The average Bonchev–Trinajstić information content (AvgIpc) is 3.00. The lowest BCUT2D eigenvalue weighted by Gasteiger charge is -2.26. The fourth-order valence-electron chi connectivity index (χ4n) is 3.91. The molecule has 0 spiro atoms. The molecule has 2 aliphatic heterocycles. The van der Waals surface area contributed by atoms with Crippen LogP contribution in [0.15, 0.2) is 41.8 Å². The Morgan fingerprint density at radius 2 is 1.66 bits per heavy atom. The molecule has 8 heteroatoms. The minimum Gasteiger partial charge on any atom is -0.350 e. The summed E-state index contributed by atoms with van der Waals surface area (Å²) in [5.74, 6) is -0.274. The van der Waals surface area contributed by atoms with Gasteiger partial charge in [-0.05, 0) is 68.9 Å². The van der Waals surface area contributed by atoms with Gasteiger partial charge in [0.15, 0.2) is 0 Å². The molecule has 0 saturated carbocycles. The lowest BCUT2D eigenvalue weighted by atomic mass is 10.1. The Kier molecular flexibility index (Phi) is 7.08. The fraction of sp³-hybridized carbons (Fsp3) is 0.524. The molecule has 158 valence electrons. The summed E-state index contributed by atoms with van der Waals surface area (Å²) < 4.78 is 27.5. The van der Waals surface area contributed by atoms with Gasteiger partial charge in [0.05, 0.1) is 4.90 Å². The first-order valence-electron chi connectivity index (χ1n) is 10.2. The van der Waals surface area contributed by atoms with E-state index in [1.807, 2.05) is 4.90 Å². The van der Waals surface area contributed by atoms with E-state index in [0.29, 0.717) is 31.5 Å². The standard InChI is InChI=1S/C21H29N3O4S/c1-2-20(25)22-18-7-6-15-24(16-12-18)29(27,28)19-10-8-17(9-11-19)21(26)23-13-4-3-5-14-23/h2,8-11,18H,1,3-7,12-16H2,(H,22,25). The van der Waals surface area contributed by atoms with Crippen molar-refractivity contribution in [1.29, 1.82) is 0 Å². The monoisotopic (exact) mass is 419 g/mol. The van der Waals surface area contributed by atoms with Crippen LogP contribution in [-0.4, -0.2) is 61.7 Å². The van der Waals surface area contributed by atoms with Crippen molar-refractivity contribution in [2.24, 2.45) is 0 Å². The molecule has 2 saturated heterocycles.